The average molecular weight is 845 g/mol. The van der Waals surface area contributed by atoms with Gasteiger partial charge >= 0.3 is 5.97 Å². The van der Waals surface area contributed by atoms with Crippen LogP contribution in [0.25, 0.3) is 10.9 Å². The Labute approximate surface area is 352 Å². The van der Waals surface area contributed by atoms with Crippen LogP contribution in [-0.2, 0) is 15.1 Å². The number of hydrogen-bond acceptors (Lipinski definition) is 12. The lowest BCUT2D eigenvalue weighted by Crippen LogP contribution is -2.49. The Hall–Kier alpha value is -7.32. The number of fused-ring (bicyclic) bond motifs is 7. The summed E-state index contributed by atoms with van der Waals surface area (Å²) >= 11 is 0. The number of rotatable bonds is 9. The molecule has 3 amide bonds. The van der Waals surface area contributed by atoms with Crippen molar-refractivity contribution in [2.45, 2.75) is 30.4 Å². The Morgan fingerprint density at radius 3 is 2.34 bits per heavy atom. The first kappa shape index (κ1) is 40.1. The number of benzene rings is 4. The number of alkyl halides is 2. The van der Waals surface area contributed by atoms with Crippen LogP contribution in [0.3, 0.4) is 0 Å². The minimum Gasteiger partial charge on any atom is -0.508 e. The summed E-state index contributed by atoms with van der Waals surface area (Å²) in [4.78, 5) is 62.2. The highest BCUT2D eigenvalue weighted by Gasteiger charge is 2.54. The second-order valence-corrected chi connectivity index (χ2v) is 15.6. The van der Waals surface area contributed by atoms with Gasteiger partial charge in [-0.15, -0.1) is 0 Å². The highest BCUT2D eigenvalue weighted by Crippen LogP contribution is 2.57. The number of carbonyl (C=O) groups is 4. The molecule has 4 aliphatic rings. The third-order valence-electron chi connectivity index (χ3n) is 11.7. The maximum absolute atomic E-state index is 13.8. The van der Waals surface area contributed by atoms with Crippen LogP contribution in [-0.4, -0.2) is 118 Å². The molecule has 1 unspecified atom stereocenters. The number of pyridine rings is 1. The van der Waals surface area contributed by atoms with E-state index in [1.165, 1.54) is 36.5 Å². The van der Waals surface area contributed by atoms with Gasteiger partial charge in [0, 0.05) is 85.1 Å². The van der Waals surface area contributed by atoms with Crippen molar-refractivity contribution in [1.82, 2.24) is 25.0 Å². The van der Waals surface area contributed by atoms with Crippen LogP contribution in [0.1, 0.15) is 60.6 Å². The fourth-order valence-electron chi connectivity index (χ4n) is 8.63. The van der Waals surface area contributed by atoms with Crippen molar-refractivity contribution in [2.75, 3.05) is 52.4 Å². The Bertz CT molecular complexity index is 2660. The van der Waals surface area contributed by atoms with E-state index in [1.807, 2.05) is 0 Å². The molecule has 15 nitrogen and oxygen atoms in total. The number of phenols is 2. The first-order valence-electron chi connectivity index (χ1n) is 19.9. The van der Waals surface area contributed by atoms with Gasteiger partial charge in [-0.2, -0.15) is 5.26 Å². The molecule has 9 rings (SSSR count). The summed E-state index contributed by atoms with van der Waals surface area (Å²) in [5, 5.41) is 32.5. The summed E-state index contributed by atoms with van der Waals surface area (Å²) in [6.07, 6.45) is 1.37. The first-order valence-corrected chi connectivity index (χ1v) is 19.9. The lowest BCUT2D eigenvalue weighted by molar-refractivity contribution is -0.131. The van der Waals surface area contributed by atoms with E-state index in [9.17, 15) is 43.4 Å². The number of amides is 3. The molecule has 0 bridgehead atoms. The number of nitriles is 1. The topological polar surface area (TPSA) is 195 Å². The van der Waals surface area contributed by atoms with Gasteiger partial charge in [-0.3, -0.25) is 24.3 Å². The summed E-state index contributed by atoms with van der Waals surface area (Å²) < 4.78 is 45.9. The van der Waals surface area contributed by atoms with Crippen molar-refractivity contribution in [1.29, 1.82) is 5.26 Å². The molecule has 17 heteroatoms. The molecule has 3 N–H and O–H groups in total. The van der Waals surface area contributed by atoms with Crippen molar-refractivity contribution in [3.63, 3.8) is 0 Å². The number of nitrogens with zero attached hydrogens (tertiary/aromatic N) is 5. The number of esters is 1. The summed E-state index contributed by atoms with van der Waals surface area (Å²) in [6, 6.07) is 21.0. The number of phenolic OH excluding ortho intramolecular Hbond substituents is 2. The lowest BCUT2D eigenvalue weighted by atomic mass is 9.77. The maximum atomic E-state index is 13.8. The highest BCUT2D eigenvalue weighted by atomic mass is 19.3. The minimum atomic E-state index is -3.16. The van der Waals surface area contributed by atoms with Gasteiger partial charge in [0.2, 0.25) is 5.91 Å². The normalized spacial score (nSPS) is 18.3. The molecule has 0 saturated carbocycles. The van der Waals surface area contributed by atoms with Crippen LogP contribution in [0, 0.1) is 11.3 Å². The van der Waals surface area contributed by atoms with E-state index in [0.29, 0.717) is 84.7 Å². The molecule has 2 fully saturated rings. The SMILES string of the molecule is N#CC1CC(F)(F)CN1C(=O)CNC(=O)c1ccnc2ccc(OCCCN3CCN(C(=O)c4ccc5c(c4)C(=O)OC54c5ccc(O)cc5Oc5cc(O)ccc54)CC3)cc12. The molecule has 5 heterocycles. The second-order valence-electron chi connectivity index (χ2n) is 15.6. The molecule has 2 saturated heterocycles. The van der Waals surface area contributed by atoms with E-state index in [0.717, 1.165) is 4.90 Å². The molecular weight excluding hydrogens is 807 g/mol. The Kier molecular flexibility index (Phi) is 10.1. The van der Waals surface area contributed by atoms with E-state index in [2.05, 4.69) is 15.2 Å². The fourth-order valence-corrected chi connectivity index (χ4v) is 8.63. The van der Waals surface area contributed by atoms with E-state index in [4.69, 9.17) is 14.2 Å². The third kappa shape index (κ3) is 7.21. The van der Waals surface area contributed by atoms with Gasteiger partial charge in [-0.1, -0.05) is 6.07 Å². The quantitative estimate of drug-likeness (QED) is 0.134. The van der Waals surface area contributed by atoms with Crippen molar-refractivity contribution in [3.8, 4) is 34.8 Å². The van der Waals surface area contributed by atoms with Crippen molar-refractivity contribution in [2.24, 2.45) is 0 Å². The standard InChI is InChI=1S/C45H38F2N6O9/c46-44(47)22-27(23-48)53(25-44)40(56)24-50-41(57)31-10-11-49-37-9-5-30(21-32(31)37)60-17-1-12-51-13-15-52(16-14-51)42(58)26-2-6-34-33(18-26)43(59)62-45(34)35-7-3-28(54)19-38(35)61-39-20-29(55)4-8-36(39)45/h2-11,18-21,27,54-55H,1,12-17,22,24-25H2,(H,50,57). The van der Waals surface area contributed by atoms with Crippen LogP contribution in [0.15, 0.2) is 85.1 Å². The van der Waals surface area contributed by atoms with E-state index in [-0.39, 0.29) is 40.0 Å². The van der Waals surface area contributed by atoms with Crippen LogP contribution < -0.4 is 14.8 Å². The van der Waals surface area contributed by atoms with Gasteiger partial charge in [-0.25, -0.2) is 13.6 Å². The Morgan fingerprint density at radius 1 is 0.919 bits per heavy atom. The molecule has 1 aromatic heterocycles. The molecule has 4 aliphatic heterocycles. The monoisotopic (exact) mass is 844 g/mol. The van der Waals surface area contributed by atoms with Gasteiger partial charge in [-0.05, 0) is 67.1 Å². The highest BCUT2D eigenvalue weighted by molar-refractivity contribution is 6.07. The molecule has 316 valence electrons. The molecule has 5 aromatic rings. The summed E-state index contributed by atoms with van der Waals surface area (Å²) in [7, 11) is 0. The molecule has 4 aromatic carbocycles. The second kappa shape index (κ2) is 15.6. The number of carbonyl (C=O) groups excluding carboxylic acids is 4. The molecule has 0 aliphatic carbocycles. The zero-order valence-corrected chi connectivity index (χ0v) is 33.0. The lowest BCUT2D eigenvalue weighted by Gasteiger charge is -2.36. The third-order valence-corrected chi connectivity index (χ3v) is 11.7. The molecule has 0 radical (unpaired) electrons. The van der Waals surface area contributed by atoms with Gasteiger partial charge in [0.25, 0.3) is 17.7 Å². The smallest absolute Gasteiger partial charge is 0.340 e. The van der Waals surface area contributed by atoms with E-state index in [1.54, 1.807) is 59.5 Å². The molecular formula is C45H38F2N6O9. The zero-order valence-electron chi connectivity index (χ0n) is 33.0. The number of piperazine rings is 1. The number of aromatic hydroxyl groups is 2. The van der Waals surface area contributed by atoms with Gasteiger partial charge in [0.05, 0.1) is 42.4 Å². The fraction of sp³-hybridized carbons (Fsp3) is 0.289. The largest absolute Gasteiger partial charge is 0.508 e. The van der Waals surface area contributed by atoms with Crippen molar-refractivity contribution in [3.05, 3.63) is 118 Å². The summed E-state index contributed by atoms with van der Waals surface area (Å²) in [5.74, 6) is -4.47. The Balaban J connectivity index is 0.791. The molecule has 1 spiro atoms. The predicted molar refractivity (Wildman–Crippen MR) is 215 cm³/mol. The number of hydrogen-bond donors (Lipinski definition) is 3. The van der Waals surface area contributed by atoms with Crippen LogP contribution >= 0.6 is 0 Å². The average Bonchev–Trinajstić information content (AvgIpc) is 3.75. The number of likely N-dealkylation sites (tertiary alicyclic amines) is 1. The van der Waals surface area contributed by atoms with Gasteiger partial charge < -0.3 is 39.5 Å². The number of halogens is 2. The molecule has 1 atom stereocenters. The van der Waals surface area contributed by atoms with Gasteiger partial charge in [0.15, 0.2) is 5.60 Å². The molecule has 62 heavy (non-hydrogen) atoms. The number of nitrogens with one attached hydrogen (secondary N) is 1. The minimum absolute atomic E-state index is 0.0496. The van der Waals surface area contributed by atoms with E-state index >= 15 is 0 Å². The Morgan fingerprint density at radius 2 is 1.63 bits per heavy atom. The maximum Gasteiger partial charge on any atom is 0.340 e. The summed E-state index contributed by atoms with van der Waals surface area (Å²) in [5.41, 5.74) is 1.37. The van der Waals surface area contributed by atoms with Crippen molar-refractivity contribution < 1.29 is 52.4 Å². The van der Waals surface area contributed by atoms with E-state index < -0.39 is 54.9 Å². The predicted octanol–water partition coefficient (Wildman–Crippen LogP) is 4.93. The van der Waals surface area contributed by atoms with Crippen LogP contribution in [0.2, 0.25) is 0 Å². The van der Waals surface area contributed by atoms with Gasteiger partial charge in [0.1, 0.15) is 34.8 Å². The van der Waals surface area contributed by atoms with Crippen LogP contribution in [0.4, 0.5) is 8.78 Å². The number of ether oxygens (including phenoxy) is 3. The first-order chi connectivity index (χ1) is 29.8. The van der Waals surface area contributed by atoms with Crippen LogP contribution in [0.5, 0.6) is 28.7 Å². The number of aromatic nitrogens is 1. The summed E-state index contributed by atoms with van der Waals surface area (Å²) in [6.45, 7) is 1.80. The van der Waals surface area contributed by atoms with Crippen molar-refractivity contribution >= 4 is 34.6 Å². The zero-order chi connectivity index (χ0) is 43.3.